The van der Waals surface area contributed by atoms with Crippen molar-refractivity contribution >= 4 is 17.2 Å². The van der Waals surface area contributed by atoms with E-state index in [1.807, 2.05) is 24.3 Å². The summed E-state index contributed by atoms with van der Waals surface area (Å²) in [5.74, 6) is 1.47. The van der Waals surface area contributed by atoms with Gasteiger partial charge in [0.1, 0.15) is 17.3 Å². The molecule has 1 unspecified atom stereocenters. The summed E-state index contributed by atoms with van der Waals surface area (Å²) >= 11 is 4.97. The van der Waals surface area contributed by atoms with Crippen molar-refractivity contribution in [1.82, 2.24) is 4.90 Å². The maximum absolute atomic E-state index is 5.77. The maximum atomic E-state index is 5.77. The van der Waals surface area contributed by atoms with Gasteiger partial charge in [-0.1, -0.05) is 24.4 Å². The summed E-state index contributed by atoms with van der Waals surface area (Å²) in [6, 6.07) is 7.62. The SMILES string of the molecule is CN(CCOc1cccc(C(N)=S)c1)CC1CCCOC1. The Hall–Kier alpha value is -1.17. The number of hydrogen-bond donors (Lipinski definition) is 1. The Balaban J connectivity index is 1.70. The van der Waals surface area contributed by atoms with Crippen LogP contribution in [0.1, 0.15) is 18.4 Å². The zero-order valence-electron chi connectivity index (χ0n) is 12.6. The van der Waals surface area contributed by atoms with E-state index in [1.165, 1.54) is 12.8 Å². The zero-order valence-corrected chi connectivity index (χ0v) is 13.4. The molecule has 4 nitrogen and oxygen atoms in total. The molecule has 1 atom stereocenters. The third kappa shape index (κ3) is 5.61. The Morgan fingerprint density at radius 2 is 2.38 bits per heavy atom. The first kappa shape index (κ1) is 16.2. The van der Waals surface area contributed by atoms with Gasteiger partial charge >= 0.3 is 0 Å². The van der Waals surface area contributed by atoms with Gasteiger partial charge in [-0.25, -0.2) is 0 Å². The van der Waals surface area contributed by atoms with Gasteiger partial charge in [-0.05, 0) is 37.9 Å². The van der Waals surface area contributed by atoms with Crippen LogP contribution < -0.4 is 10.5 Å². The van der Waals surface area contributed by atoms with E-state index >= 15 is 0 Å². The Labute approximate surface area is 132 Å². The molecule has 0 amide bonds. The lowest BCUT2D eigenvalue weighted by molar-refractivity contribution is 0.0405. The van der Waals surface area contributed by atoms with Gasteiger partial charge in [-0.15, -0.1) is 0 Å². The number of benzene rings is 1. The van der Waals surface area contributed by atoms with E-state index in [0.717, 1.165) is 37.6 Å². The fourth-order valence-corrected chi connectivity index (χ4v) is 2.67. The highest BCUT2D eigenvalue weighted by Crippen LogP contribution is 2.15. The highest BCUT2D eigenvalue weighted by molar-refractivity contribution is 7.80. The molecule has 2 rings (SSSR count). The molecule has 0 saturated carbocycles. The molecular weight excluding hydrogens is 284 g/mol. The second kappa shape index (κ2) is 8.32. The highest BCUT2D eigenvalue weighted by Gasteiger charge is 2.15. The van der Waals surface area contributed by atoms with Gasteiger partial charge in [0.15, 0.2) is 0 Å². The van der Waals surface area contributed by atoms with Crippen LogP contribution in [0.15, 0.2) is 24.3 Å². The quantitative estimate of drug-likeness (QED) is 0.781. The summed E-state index contributed by atoms with van der Waals surface area (Å²) < 4.78 is 11.3. The molecule has 0 aromatic heterocycles. The molecule has 0 bridgehead atoms. The van der Waals surface area contributed by atoms with Crippen LogP contribution in [0.3, 0.4) is 0 Å². The first-order valence-electron chi connectivity index (χ1n) is 7.44. The Bertz CT molecular complexity index is 461. The molecule has 1 saturated heterocycles. The molecule has 1 aromatic carbocycles. The molecule has 2 N–H and O–H groups in total. The molecule has 1 heterocycles. The second-order valence-electron chi connectivity index (χ2n) is 5.59. The Morgan fingerprint density at radius 1 is 1.52 bits per heavy atom. The molecule has 0 aliphatic carbocycles. The van der Waals surface area contributed by atoms with Crippen LogP contribution in [0.25, 0.3) is 0 Å². The lowest BCUT2D eigenvalue weighted by Crippen LogP contribution is -2.33. The Kier molecular flexibility index (Phi) is 6.42. The first-order chi connectivity index (χ1) is 10.1. The monoisotopic (exact) mass is 308 g/mol. The fraction of sp³-hybridized carbons (Fsp3) is 0.562. The van der Waals surface area contributed by atoms with E-state index in [4.69, 9.17) is 27.4 Å². The lowest BCUT2D eigenvalue weighted by atomic mass is 10.0. The van der Waals surface area contributed by atoms with E-state index in [2.05, 4.69) is 11.9 Å². The number of nitrogens with zero attached hydrogens (tertiary/aromatic N) is 1. The van der Waals surface area contributed by atoms with Crippen molar-refractivity contribution in [2.24, 2.45) is 11.7 Å². The number of ether oxygens (including phenoxy) is 2. The van der Waals surface area contributed by atoms with Crippen LogP contribution in [0.4, 0.5) is 0 Å². The third-order valence-electron chi connectivity index (χ3n) is 3.68. The van der Waals surface area contributed by atoms with Crippen LogP contribution in [-0.2, 0) is 4.74 Å². The van der Waals surface area contributed by atoms with Gasteiger partial charge < -0.3 is 20.1 Å². The van der Waals surface area contributed by atoms with Crippen LogP contribution in [-0.4, -0.2) is 49.8 Å². The number of nitrogens with two attached hydrogens (primary N) is 1. The summed E-state index contributed by atoms with van der Waals surface area (Å²) in [5.41, 5.74) is 6.46. The molecule has 21 heavy (non-hydrogen) atoms. The molecule has 5 heteroatoms. The highest BCUT2D eigenvalue weighted by atomic mass is 32.1. The minimum atomic E-state index is 0.398. The molecule has 1 fully saturated rings. The first-order valence-corrected chi connectivity index (χ1v) is 7.85. The molecule has 0 radical (unpaired) electrons. The van der Waals surface area contributed by atoms with Crippen LogP contribution in [0.2, 0.25) is 0 Å². The van der Waals surface area contributed by atoms with Crippen molar-refractivity contribution in [2.75, 3.05) is 40.0 Å². The van der Waals surface area contributed by atoms with Crippen LogP contribution in [0.5, 0.6) is 5.75 Å². The molecule has 0 spiro atoms. The number of thiocarbonyl (C=S) groups is 1. The second-order valence-corrected chi connectivity index (χ2v) is 6.03. The minimum absolute atomic E-state index is 0.398. The van der Waals surface area contributed by atoms with Crippen molar-refractivity contribution in [2.45, 2.75) is 12.8 Å². The van der Waals surface area contributed by atoms with Crippen molar-refractivity contribution in [3.63, 3.8) is 0 Å². The van der Waals surface area contributed by atoms with Crippen molar-refractivity contribution in [3.05, 3.63) is 29.8 Å². The van der Waals surface area contributed by atoms with E-state index in [-0.39, 0.29) is 0 Å². The van der Waals surface area contributed by atoms with E-state index in [9.17, 15) is 0 Å². The third-order valence-corrected chi connectivity index (χ3v) is 3.92. The summed E-state index contributed by atoms with van der Waals surface area (Å²) in [5, 5.41) is 0. The molecule has 1 aromatic rings. The average Bonchev–Trinajstić information content (AvgIpc) is 2.48. The average molecular weight is 308 g/mol. The minimum Gasteiger partial charge on any atom is -0.492 e. The maximum Gasteiger partial charge on any atom is 0.120 e. The van der Waals surface area contributed by atoms with Crippen molar-refractivity contribution in [3.8, 4) is 5.75 Å². The predicted octanol–water partition coefficient (Wildman–Crippen LogP) is 2.06. The van der Waals surface area contributed by atoms with Gasteiger partial charge in [-0.2, -0.15) is 0 Å². The van der Waals surface area contributed by atoms with E-state index in [1.54, 1.807) is 0 Å². The molecule has 1 aliphatic rings. The fourth-order valence-electron chi connectivity index (χ4n) is 2.54. The van der Waals surface area contributed by atoms with Gasteiger partial charge in [0.05, 0.1) is 6.61 Å². The summed E-state index contributed by atoms with van der Waals surface area (Å²) in [6.07, 6.45) is 2.45. The summed E-state index contributed by atoms with van der Waals surface area (Å²) in [6.45, 7) is 4.43. The van der Waals surface area contributed by atoms with Crippen LogP contribution in [0, 0.1) is 5.92 Å². The van der Waals surface area contributed by atoms with Gasteiger partial charge in [0.25, 0.3) is 0 Å². The predicted molar refractivity (Wildman–Crippen MR) is 88.9 cm³/mol. The number of hydrogen-bond acceptors (Lipinski definition) is 4. The molecule has 1 aliphatic heterocycles. The normalized spacial score (nSPS) is 18.7. The van der Waals surface area contributed by atoms with Crippen molar-refractivity contribution < 1.29 is 9.47 Å². The van der Waals surface area contributed by atoms with E-state index in [0.29, 0.717) is 17.5 Å². The molecular formula is C16H24N2O2S. The topological polar surface area (TPSA) is 47.7 Å². The molecule has 116 valence electrons. The van der Waals surface area contributed by atoms with Gasteiger partial charge in [-0.3, -0.25) is 0 Å². The Morgan fingerprint density at radius 3 is 3.10 bits per heavy atom. The smallest absolute Gasteiger partial charge is 0.120 e. The number of rotatable bonds is 7. The largest absolute Gasteiger partial charge is 0.492 e. The standard InChI is InChI=1S/C16H24N2O2S/c1-18(11-13-4-3-8-19-12-13)7-9-20-15-6-2-5-14(10-15)16(17)21/h2,5-6,10,13H,3-4,7-9,11-12H2,1H3,(H2,17,21). The van der Waals surface area contributed by atoms with Gasteiger partial charge in [0.2, 0.25) is 0 Å². The van der Waals surface area contributed by atoms with Gasteiger partial charge in [0, 0.05) is 25.3 Å². The van der Waals surface area contributed by atoms with Crippen molar-refractivity contribution in [1.29, 1.82) is 0 Å². The van der Waals surface area contributed by atoms with Crippen LogP contribution >= 0.6 is 12.2 Å². The van der Waals surface area contributed by atoms with E-state index < -0.39 is 0 Å². The summed E-state index contributed by atoms with van der Waals surface area (Å²) in [7, 11) is 2.13. The summed E-state index contributed by atoms with van der Waals surface area (Å²) in [4.78, 5) is 2.70. The number of likely N-dealkylation sites (N-methyl/N-ethyl adjacent to an activating group) is 1. The zero-order chi connectivity index (χ0) is 15.1. The lowest BCUT2D eigenvalue weighted by Gasteiger charge is -2.27.